The first-order chi connectivity index (χ1) is 13.0. The van der Waals surface area contributed by atoms with Crippen LogP contribution in [0.4, 0.5) is 0 Å². The zero-order valence-corrected chi connectivity index (χ0v) is 17.2. The molecule has 3 unspecified atom stereocenters. The van der Waals surface area contributed by atoms with Gasteiger partial charge in [0.1, 0.15) is 0 Å². The summed E-state index contributed by atoms with van der Waals surface area (Å²) in [7, 11) is 4.11. The van der Waals surface area contributed by atoms with Crippen LogP contribution < -0.4 is 11.1 Å². The van der Waals surface area contributed by atoms with E-state index in [2.05, 4.69) is 55.2 Å². The molecule has 3 nitrogen and oxygen atoms in total. The van der Waals surface area contributed by atoms with E-state index in [0.29, 0.717) is 12.0 Å². The van der Waals surface area contributed by atoms with E-state index in [-0.39, 0.29) is 6.04 Å². The van der Waals surface area contributed by atoms with Gasteiger partial charge in [-0.1, -0.05) is 49.9 Å². The highest BCUT2D eigenvalue weighted by molar-refractivity contribution is 5.53. The van der Waals surface area contributed by atoms with Gasteiger partial charge in [0.15, 0.2) is 0 Å². The largest absolute Gasteiger partial charge is 0.391 e. The number of nitrogens with one attached hydrogen (secondary N) is 1. The number of nitrogens with zero attached hydrogens (tertiary/aromatic N) is 1. The Morgan fingerprint density at radius 1 is 1.37 bits per heavy atom. The van der Waals surface area contributed by atoms with Crippen LogP contribution in [0, 0.1) is 5.92 Å². The van der Waals surface area contributed by atoms with Crippen LogP contribution in [0.2, 0.25) is 0 Å². The molecule has 3 atom stereocenters. The van der Waals surface area contributed by atoms with Crippen molar-refractivity contribution in [3.63, 3.8) is 0 Å². The van der Waals surface area contributed by atoms with Gasteiger partial charge < -0.3 is 11.1 Å². The first kappa shape index (κ1) is 21.5. The van der Waals surface area contributed by atoms with Crippen LogP contribution in [0.5, 0.6) is 0 Å². The van der Waals surface area contributed by atoms with Crippen molar-refractivity contribution in [2.24, 2.45) is 11.7 Å². The molecule has 148 valence electrons. The molecule has 0 radical (unpaired) electrons. The average Bonchev–Trinajstić information content (AvgIpc) is 3.06. The monoisotopic (exact) mass is 367 g/mol. The van der Waals surface area contributed by atoms with E-state index in [0.717, 1.165) is 31.5 Å². The van der Waals surface area contributed by atoms with E-state index < -0.39 is 0 Å². The molecule has 1 aromatic carbocycles. The Balaban J connectivity index is 2.16. The highest BCUT2D eigenvalue weighted by Gasteiger charge is 2.24. The van der Waals surface area contributed by atoms with Crippen molar-refractivity contribution in [1.82, 2.24) is 10.2 Å². The van der Waals surface area contributed by atoms with Crippen LogP contribution in [0.1, 0.15) is 48.8 Å². The summed E-state index contributed by atoms with van der Waals surface area (Å²) in [5.41, 5.74) is 11.3. The van der Waals surface area contributed by atoms with Gasteiger partial charge in [0, 0.05) is 31.4 Å². The Morgan fingerprint density at radius 3 is 2.74 bits per heavy atom. The first-order valence-electron chi connectivity index (χ1n) is 10.2. The molecule has 0 saturated heterocycles. The number of rotatable bonds is 11. The maximum atomic E-state index is 6.29. The molecular weight excluding hydrogens is 330 g/mol. The van der Waals surface area contributed by atoms with E-state index >= 15 is 0 Å². The molecule has 27 heavy (non-hydrogen) atoms. The number of hydrogen-bond donors (Lipinski definition) is 2. The second-order valence-corrected chi connectivity index (χ2v) is 7.87. The topological polar surface area (TPSA) is 41.3 Å². The fourth-order valence-electron chi connectivity index (χ4n) is 4.23. The zero-order chi connectivity index (χ0) is 19.8. The molecular formula is C24H37N3. The van der Waals surface area contributed by atoms with E-state index in [1.807, 2.05) is 19.2 Å². The summed E-state index contributed by atoms with van der Waals surface area (Å²) in [6, 6.07) is 7.44. The summed E-state index contributed by atoms with van der Waals surface area (Å²) in [6.07, 6.45) is 10.7. The van der Waals surface area contributed by atoms with Crippen LogP contribution in [0.15, 0.2) is 49.7 Å². The Labute approximate surface area is 166 Å². The molecule has 0 aromatic heterocycles. The van der Waals surface area contributed by atoms with E-state index in [9.17, 15) is 0 Å². The lowest BCUT2D eigenvalue weighted by Crippen LogP contribution is -2.36. The molecule has 1 saturated carbocycles. The van der Waals surface area contributed by atoms with Crippen LogP contribution in [0.25, 0.3) is 6.08 Å². The van der Waals surface area contributed by atoms with E-state index in [1.54, 1.807) is 0 Å². The molecule has 0 bridgehead atoms. The third-order valence-electron chi connectivity index (χ3n) is 5.96. The van der Waals surface area contributed by atoms with Crippen LogP contribution in [0.3, 0.4) is 0 Å². The standard InChI is InChI=1S/C24H37N3/c1-6-8-12-24(18(3)26-4)27(5)17-22-16-19(13-14-20(22)7-2)15-21-10-9-11-23(21)25/h6-7,13-14,16,21,23-24,26H,1-3,8-12,15,17,25H2,4-5H3. The third-order valence-corrected chi connectivity index (χ3v) is 5.96. The van der Waals surface area contributed by atoms with E-state index in [1.165, 1.54) is 36.0 Å². The average molecular weight is 368 g/mol. The van der Waals surface area contributed by atoms with Crippen LogP contribution in [-0.2, 0) is 13.0 Å². The Hall–Kier alpha value is -1.84. The number of hydrogen-bond acceptors (Lipinski definition) is 3. The molecule has 3 N–H and O–H groups in total. The fourth-order valence-corrected chi connectivity index (χ4v) is 4.23. The molecule has 1 aliphatic carbocycles. The number of benzene rings is 1. The Kier molecular flexibility index (Phi) is 8.33. The normalized spacial score (nSPS) is 20.4. The van der Waals surface area contributed by atoms with Crippen molar-refractivity contribution >= 4 is 6.08 Å². The Morgan fingerprint density at radius 2 is 2.15 bits per heavy atom. The van der Waals surface area contributed by atoms with Gasteiger partial charge in [0.2, 0.25) is 0 Å². The minimum Gasteiger partial charge on any atom is -0.391 e. The van der Waals surface area contributed by atoms with Crippen molar-refractivity contribution < 1.29 is 0 Å². The smallest absolute Gasteiger partial charge is 0.0492 e. The summed E-state index contributed by atoms with van der Waals surface area (Å²) < 4.78 is 0. The second kappa shape index (κ2) is 10.5. The van der Waals surface area contributed by atoms with Crippen molar-refractivity contribution in [3.05, 3.63) is 66.4 Å². The van der Waals surface area contributed by atoms with E-state index in [4.69, 9.17) is 5.73 Å². The summed E-state index contributed by atoms with van der Waals surface area (Å²) in [5.74, 6) is 0.620. The van der Waals surface area contributed by atoms with Gasteiger partial charge >= 0.3 is 0 Å². The summed E-state index contributed by atoms with van der Waals surface area (Å²) >= 11 is 0. The quantitative estimate of drug-likeness (QED) is 0.566. The van der Waals surface area contributed by atoms with Crippen molar-refractivity contribution in [3.8, 4) is 0 Å². The van der Waals surface area contributed by atoms with Gasteiger partial charge in [-0.25, -0.2) is 0 Å². The maximum Gasteiger partial charge on any atom is 0.0492 e. The van der Waals surface area contributed by atoms with Crippen molar-refractivity contribution in [2.45, 2.75) is 57.2 Å². The maximum absolute atomic E-state index is 6.29. The third kappa shape index (κ3) is 5.82. The summed E-state index contributed by atoms with van der Waals surface area (Å²) in [5, 5.41) is 3.23. The predicted octanol–water partition coefficient (Wildman–Crippen LogP) is 4.50. The first-order valence-corrected chi connectivity index (χ1v) is 10.2. The molecule has 2 rings (SSSR count). The lowest BCUT2D eigenvalue weighted by molar-refractivity contribution is 0.246. The van der Waals surface area contributed by atoms with Gasteiger partial charge in [0.05, 0.1) is 0 Å². The molecule has 1 aromatic rings. The molecule has 0 aliphatic heterocycles. The minimum absolute atomic E-state index is 0.276. The lowest BCUT2D eigenvalue weighted by atomic mass is 9.92. The highest BCUT2D eigenvalue weighted by Crippen LogP contribution is 2.28. The molecule has 1 fully saturated rings. The molecule has 1 aliphatic rings. The van der Waals surface area contributed by atoms with Gasteiger partial charge in [0.25, 0.3) is 0 Å². The summed E-state index contributed by atoms with van der Waals surface area (Å²) in [6.45, 7) is 12.9. The zero-order valence-electron chi connectivity index (χ0n) is 17.2. The second-order valence-electron chi connectivity index (χ2n) is 7.87. The SMILES string of the molecule is C=CCCC(C(=C)NC)N(C)Cc1cc(CC2CCCC2N)ccc1C=C. The van der Waals surface area contributed by atoms with Crippen LogP contribution >= 0.6 is 0 Å². The molecule has 0 heterocycles. The summed E-state index contributed by atoms with van der Waals surface area (Å²) in [4.78, 5) is 2.37. The number of nitrogens with two attached hydrogens (primary N) is 1. The predicted molar refractivity (Wildman–Crippen MR) is 118 cm³/mol. The van der Waals surface area contributed by atoms with Gasteiger partial charge in [-0.05, 0) is 61.8 Å². The van der Waals surface area contributed by atoms with Gasteiger partial charge in [-0.2, -0.15) is 0 Å². The fraction of sp³-hybridized carbons (Fsp3) is 0.500. The van der Waals surface area contributed by atoms with Gasteiger partial charge in [-0.15, -0.1) is 6.58 Å². The Bertz CT molecular complexity index is 649. The van der Waals surface area contributed by atoms with Gasteiger partial charge in [-0.3, -0.25) is 4.90 Å². The van der Waals surface area contributed by atoms with Crippen molar-refractivity contribution in [1.29, 1.82) is 0 Å². The number of likely N-dealkylation sites (N-methyl/N-ethyl adjacent to an activating group) is 2. The highest BCUT2D eigenvalue weighted by atomic mass is 15.1. The molecule has 0 spiro atoms. The molecule has 0 amide bonds. The van der Waals surface area contributed by atoms with Crippen LogP contribution in [-0.4, -0.2) is 31.1 Å². The lowest BCUT2D eigenvalue weighted by Gasteiger charge is -2.30. The molecule has 3 heteroatoms. The number of allylic oxidation sites excluding steroid dienone is 1. The minimum atomic E-state index is 0.276. The van der Waals surface area contributed by atoms with Crippen molar-refractivity contribution in [2.75, 3.05) is 14.1 Å².